The van der Waals surface area contributed by atoms with Gasteiger partial charge in [-0.2, -0.15) is 0 Å². The van der Waals surface area contributed by atoms with Crippen molar-refractivity contribution in [3.8, 4) is 0 Å². The van der Waals surface area contributed by atoms with Crippen LogP contribution in [0.1, 0.15) is 69.1 Å². The molecule has 1 aliphatic rings. The van der Waals surface area contributed by atoms with Gasteiger partial charge in [0, 0.05) is 25.7 Å². The number of esters is 2. The van der Waals surface area contributed by atoms with Crippen LogP contribution in [0.15, 0.2) is 24.0 Å². The van der Waals surface area contributed by atoms with Gasteiger partial charge in [-0.05, 0) is 43.2 Å². The van der Waals surface area contributed by atoms with E-state index in [-0.39, 0.29) is 36.0 Å². The molecule has 0 bridgehead atoms. The Kier molecular flexibility index (Phi) is 7.17. The zero-order valence-electron chi connectivity index (χ0n) is 17.5. The lowest BCUT2D eigenvalue weighted by atomic mass is 9.74. The van der Waals surface area contributed by atoms with E-state index in [1.807, 2.05) is 45.9 Å². The van der Waals surface area contributed by atoms with E-state index in [1.54, 1.807) is 0 Å². The quantitative estimate of drug-likeness (QED) is 0.503. The Morgan fingerprint density at radius 2 is 1.68 bits per heavy atom. The van der Waals surface area contributed by atoms with Crippen LogP contribution in [-0.2, 0) is 23.9 Å². The maximum absolute atomic E-state index is 12.9. The van der Waals surface area contributed by atoms with Gasteiger partial charge in [0.15, 0.2) is 5.78 Å². The molecule has 0 unspecified atom stereocenters. The molecule has 1 aromatic carbocycles. The number of hydrogen-bond acceptors (Lipinski definition) is 5. The van der Waals surface area contributed by atoms with Gasteiger partial charge in [-0.1, -0.05) is 37.6 Å². The summed E-state index contributed by atoms with van der Waals surface area (Å²) in [5.74, 6) is -0.177. The number of carbonyl (C=O) groups excluding carboxylic acids is 3. The Morgan fingerprint density at radius 1 is 1.04 bits per heavy atom. The van der Waals surface area contributed by atoms with Gasteiger partial charge >= 0.3 is 11.9 Å². The smallest absolute Gasteiger partial charge is 0.310 e. The van der Waals surface area contributed by atoms with Crippen LogP contribution in [-0.4, -0.2) is 24.8 Å². The highest BCUT2D eigenvalue weighted by Crippen LogP contribution is 2.41. The molecule has 0 N–H and O–H groups in total. The van der Waals surface area contributed by atoms with Gasteiger partial charge in [-0.3, -0.25) is 14.4 Å². The van der Waals surface area contributed by atoms with E-state index in [4.69, 9.17) is 4.74 Å². The highest BCUT2D eigenvalue weighted by atomic mass is 16.5. The van der Waals surface area contributed by atoms with Crippen molar-refractivity contribution in [3.63, 3.8) is 0 Å². The van der Waals surface area contributed by atoms with E-state index in [9.17, 15) is 14.4 Å². The molecule has 0 atom stereocenters. The number of aryl methyl sites for hydroxylation is 2. The second kappa shape index (κ2) is 9.18. The minimum absolute atomic E-state index is 0.0108. The Morgan fingerprint density at radius 3 is 2.29 bits per heavy atom. The first-order valence-electron chi connectivity index (χ1n) is 9.74. The predicted octanol–water partition coefficient (Wildman–Crippen LogP) is 4.68. The maximum atomic E-state index is 12.9. The lowest BCUT2D eigenvalue weighted by molar-refractivity contribution is -0.142. The number of allylic oxidation sites excluding steroid dienone is 2. The van der Waals surface area contributed by atoms with Gasteiger partial charge < -0.3 is 9.47 Å². The van der Waals surface area contributed by atoms with Gasteiger partial charge in [0.25, 0.3) is 0 Å². The number of Topliss-reactive ketones (excluding diaryl/α,β-unsaturated/α-hetero) is 1. The average molecular weight is 386 g/mol. The van der Waals surface area contributed by atoms with Gasteiger partial charge in [0.1, 0.15) is 5.76 Å². The molecule has 0 fully saturated rings. The summed E-state index contributed by atoms with van der Waals surface area (Å²) in [4.78, 5) is 36.4. The van der Waals surface area contributed by atoms with E-state index >= 15 is 0 Å². The zero-order chi connectivity index (χ0) is 20.9. The predicted molar refractivity (Wildman–Crippen MR) is 107 cm³/mol. The molecule has 5 nitrogen and oxygen atoms in total. The maximum Gasteiger partial charge on any atom is 0.310 e. The van der Waals surface area contributed by atoms with Crippen LogP contribution in [0.4, 0.5) is 0 Å². The molecule has 1 aliphatic carbocycles. The van der Waals surface area contributed by atoms with Crippen molar-refractivity contribution < 1.29 is 23.9 Å². The minimum Gasteiger partial charge on any atom is -0.469 e. The molecule has 0 saturated heterocycles. The van der Waals surface area contributed by atoms with Crippen molar-refractivity contribution >= 4 is 23.3 Å². The van der Waals surface area contributed by atoms with E-state index in [1.165, 1.54) is 7.11 Å². The Bertz CT molecular complexity index is 801. The van der Waals surface area contributed by atoms with Crippen LogP contribution in [0.5, 0.6) is 0 Å². The summed E-state index contributed by atoms with van der Waals surface area (Å²) in [5, 5.41) is 0. The lowest BCUT2D eigenvalue weighted by Crippen LogP contribution is -2.27. The fourth-order valence-electron chi connectivity index (χ4n) is 3.57. The first kappa shape index (κ1) is 21.9. The van der Waals surface area contributed by atoms with Crippen molar-refractivity contribution in [1.82, 2.24) is 0 Å². The van der Waals surface area contributed by atoms with Gasteiger partial charge in [-0.15, -0.1) is 0 Å². The van der Waals surface area contributed by atoms with Crippen molar-refractivity contribution in [2.45, 2.75) is 66.2 Å². The third-order valence-electron chi connectivity index (χ3n) is 4.96. The Hall–Kier alpha value is -2.43. The first-order valence-corrected chi connectivity index (χ1v) is 9.74. The number of benzene rings is 1. The summed E-state index contributed by atoms with van der Waals surface area (Å²) in [5.41, 5.74) is 3.23. The van der Waals surface area contributed by atoms with Crippen LogP contribution >= 0.6 is 0 Å². The van der Waals surface area contributed by atoms with Crippen LogP contribution < -0.4 is 0 Å². The van der Waals surface area contributed by atoms with Crippen molar-refractivity contribution in [3.05, 3.63) is 40.6 Å². The lowest BCUT2D eigenvalue weighted by Gasteiger charge is -2.32. The van der Waals surface area contributed by atoms with E-state index in [0.29, 0.717) is 37.0 Å². The van der Waals surface area contributed by atoms with Crippen molar-refractivity contribution in [2.75, 3.05) is 7.11 Å². The molecular formula is C23H30O5. The fourth-order valence-corrected chi connectivity index (χ4v) is 3.57. The van der Waals surface area contributed by atoms with Crippen LogP contribution in [0.3, 0.4) is 0 Å². The number of methoxy groups -OCH3 is 1. The number of ether oxygens (including phenoxy) is 2. The molecule has 0 radical (unpaired) electrons. The standard InChI is InChI=1S/C23H30O5/c1-15-10-11-17(16(2)12-15)22-18(24)13-23(3,4)14-19(22)28-21(26)9-7-6-8-20(25)27-5/h10-12H,6-9,13-14H2,1-5H3. The molecule has 0 heterocycles. The summed E-state index contributed by atoms with van der Waals surface area (Å²) < 4.78 is 10.3. The molecule has 1 aromatic rings. The van der Waals surface area contributed by atoms with E-state index in [0.717, 1.165) is 16.7 Å². The first-order chi connectivity index (χ1) is 13.1. The third-order valence-corrected chi connectivity index (χ3v) is 4.96. The van der Waals surface area contributed by atoms with Crippen LogP contribution in [0.25, 0.3) is 5.57 Å². The number of unbranched alkanes of at least 4 members (excludes halogenated alkanes) is 1. The van der Waals surface area contributed by atoms with Crippen molar-refractivity contribution in [1.29, 1.82) is 0 Å². The Balaban J connectivity index is 2.20. The highest BCUT2D eigenvalue weighted by molar-refractivity contribution is 6.22. The number of hydrogen-bond donors (Lipinski definition) is 0. The van der Waals surface area contributed by atoms with Gasteiger partial charge in [-0.25, -0.2) is 0 Å². The number of rotatable bonds is 7. The second-order valence-electron chi connectivity index (χ2n) is 8.31. The average Bonchev–Trinajstić information content (AvgIpc) is 2.58. The molecule has 0 aliphatic heterocycles. The number of carbonyl (C=O) groups is 3. The molecule has 152 valence electrons. The largest absolute Gasteiger partial charge is 0.469 e. The van der Waals surface area contributed by atoms with E-state index < -0.39 is 0 Å². The highest BCUT2D eigenvalue weighted by Gasteiger charge is 2.36. The minimum atomic E-state index is -0.368. The van der Waals surface area contributed by atoms with Crippen molar-refractivity contribution in [2.24, 2.45) is 5.41 Å². The van der Waals surface area contributed by atoms with Gasteiger partial charge in [0.05, 0.1) is 12.7 Å². The van der Waals surface area contributed by atoms with Crippen LogP contribution in [0, 0.1) is 19.3 Å². The summed E-state index contributed by atoms with van der Waals surface area (Å²) in [6, 6.07) is 5.93. The molecule has 0 amide bonds. The Labute approximate surface area is 167 Å². The zero-order valence-corrected chi connectivity index (χ0v) is 17.5. The molecule has 2 rings (SSSR count). The molecule has 28 heavy (non-hydrogen) atoms. The molecule has 5 heteroatoms. The molecular weight excluding hydrogens is 356 g/mol. The summed E-state index contributed by atoms with van der Waals surface area (Å²) >= 11 is 0. The monoisotopic (exact) mass is 386 g/mol. The number of ketones is 1. The molecule has 0 spiro atoms. The van der Waals surface area contributed by atoms with E-state index in [2.05, 4.69) is 4.74 Å². The third kappa shape index (κ3) is 5.78. The molecule has 0 saturated carbocycles. The fraction of sp³-hybridized carbons (Fsp3) is 0.522. The second-order valence-corrected chi connectivity index (χ2v) is 8.31. The normalized spacial score (nSPS) is 16.1. The summed E-state index contributed by atoms with van der Waals surface area (Å²) in [6.07, 6.45) is 2.55. The topological polar surface area (TPSA) is 69.7 Å². The van der Waals surface area contributed by atoms with Crippen LogP contribution in [0.2, 0.25) is 0 Å². The van der Waals surface area contributed by atoms with Gasteiger partial charge in [0.2, 0.25) is 0 Å². The summed E-state index contributed by atoms with van der Waals surface area (Å²) in [6.45, 7) is 7.99. The molecule has 0 aromatic heterocycles. The summed E-state index contributed by atoms with van der Waals surface area (Å²) in [7, 11) is 1.35. The SMILES string of the molecule is COC(=O)CCCCC(=O)OC1=C(c2ccc(C)cc2C)C(=O)CC(C)(C)C1.